The van der Waals surface area contributed by atoms with Crippen LogP contribution in [0.25, 0.3) is 17.4 Å². The Kier molecular flexibility index (Phi) is 4.30. The number of furan rings is 1. The van der Waals surface area contributed by atoms with Gasteiger partial charge in [0.2, 0.25) is 0 Å². The molecule has 1 fully saturated rings. The Bertz CT molecular complexity index is 1070. The molecule has 2 heterocycles. The van der Waals surface area contributed by atoms with Gasteiger partial charge in [-0.1, -0.05) is 41.9 Å². The number of carbonyl (C=O) groups is 2. The monoisotopic (exact) mass is 378 g/mol. The average Bonchev–Trinajstić information content (AvgIpc) is 3.25. The fraction of sp³-hybridized carbons (Fsp3) is 0.0476. The second-order valence-corrected chi connectivity index (χ2v) is 6.55. The number of nitrogens with zero attached hydrogens (tertiary/aromatic N) is 1. The van der Waals surface area contributed by atoms with Gasteiger partial charge < -0.3 is 4.42 Å². The molecule has 134 valence electrons. The van der Waals surface area contributed by atoms with E-state index in [2.05, 4.69) is 5.43 Å². The van der Waals surface area contributed by atoms with Crippen molar-refractivity contribution < 1.29 is 14.0 Å². The Hall–Kier alpha value is -3.31. The maximum Gasteiger partial charge on any atom is 0.282 e. The Labute approximate surface area is 160 Å². The predicted octanol–water partition coefficient (Wildman–Crippen LogP) is 4.37. The lowest BCUT2D eigenvalue weighted by molar-refractivity contribution is -0.117. The van der Waals surface area contributed by atoms with Crippen LogP contribution in [0.4, 0.5) is 5.69 Å². The summed E-state index contributed by atoms with van der Waals surface area (Å²) < 4.78 is 5.78. The first kappa shape index (κ1) is 17.1. The van der Waals surface area contributed by atoms with Crippen LogP contribution in [0.1, 0.15) is 11.3 Å². The molecule has 0 aliphatic carbocycles. The molecule has 4 rings (SSSR count). The third-order valence-electron chi connectivity index (χ3n) is 4.28. The van der Waals surface area contributed by atoms with Gasteiger partial charge in [0, 0.05) is 10.6 Å². The van der Waals surface area contributed by atoms with E-state index in [9.17, 15) is 9.59 Å². The quantitative estimate of drug-likeness (QED) is 0.543. The zero-order valence-electron chi connectivity index (χ0n) is 14.4. The van der Waals surface area contributed by atoms with Crippen LogP contribution in [0, 0.1) is 6.92 Å². The summed E-state index contributed by atoms with van der Waals surface area (Å²) in [5.74, 6) is 0.118. The van der Waals surface area contributed by atoms with Gasteiger partial charge in [-0.2, -0.15) is 0 Å². The van der Waals surface area contributed by atoms with Crippen LogP contribution in [-0.2, 0) is 9.59 Å². The topological polar surface area (TPSA) is 62.6 Å². The van der Waals surface area contributed by atoms with Crippen LogP contribution in [0.3, 0.4) is 0 Å². The molecule has 1 aliphatic heterocycles. The SMILES string of the molecule is Cc1ccc(-c2ccc(C=C3C(=O)NN(c4ccccc4)C3=O)o2)cc1Cl. The molecule has 1 saturated heterocycles. The second kappa shape index (κ2) is 6.78. The fourth-order valence-electron chi connectivity index (χ4n) is 2.79. The first-order valence-corrected chi connectivity index (χ1v) is 8.69. The highest BCUT2D eigenvalue weighted by atomic mass is 35.5. The first-order chi connectivity index (χ1) is 13.0. The number of benzene rings is 2. The van der Waals surface area contributed by atoms with Crippen molar-refractivity contribution in [3.63, 3.8) is 0 Å². The third-order valence-corrected chi connectivity index (χ3v) is 4.68. The summed E-state index contributed by atoms with van der Waals surface area (Å²) in [6, 6.07) is 18.0. The van der Waals surface area contributed by atoms with E-state index in [-0.39, 0.29) is 5.57 Å². The Morgan fingerprint density at radius 1 is 1.04 bits per heavy atom. The van der Waals surface area contributed by atoms with Gasteiger partial charge in [0.25, 0.3) is 11.8 Å². The van der Waals surface area contributed by atoms with Gasteiger partial charge in [0.15, 0.2) is 0 Å². The molecule has 3 aromatic rings. The number of anilines is 1. The zero-order chi connectivity index (χ0) is 19.0. The van der Waals surface area contributed by atoms with E-state index in [1.165, 1.54) is 11.1 Å². The van der Waals surface area contributed by atoms with E-state index in [1.807, 2.05) is 31.2 Å². The van der Waals surface area contributed by atoms with Gasteiger partial charge >= 0.3 is 0 Å². The number of carbonyl (C=O) groups excluding carboxylic acids is 2. The van der Waals surface area contributed by atoms with E-state index in [0.717, 1.165) is 11.1 Å². The van der Waals surface area contributed by atoms with E-state index in [4.69, 9.17) is 16.0 Å². The van der Waals surface area contributed by atoms with Crippen molar-refractivity contribution in [3.8, 4) is 11.3 Å². The number of aryl methyl sites for hydroxylation is 1. The average molecular weight is 379 g/mol. The van der Waals surface area contributed by atoms with Gasteiger partial charge in [0.1, 0.15) is 17.1 Å². The van der Waals surface area contributed by atoms with E-state index in [0.29, 0.717) is 22.2 Å². The molecule has 2 aromatic carbocycles. The molecule has 27 heavy (non-hydrogen) atoms. The smallest absolute Gasteiger partial charge is 0.282 e. The van der Waals surface area contributed by atoms with E-state index in [1.54, 1.807) is 36.4 Å². The van der Waals surface area contributed by atoms with Crippen molar-refractivity contribution in [2.75, 3.05) is 5.01 Å². The highest BCUT2D eigenvalue weighted by Gasteiger charge is 2.34. The number of nitrogens with one attached hydrogen (secondary N) is 1. The molecule has 0 saturated carbocycles. The Morgan fingerprint density at radius 2 is 1.81 bits per heavy atom. The second-order valence-electron chi connectivity index (χ2n) is 6.14. The summed E-state index contributed by atoms with van der Waals surface area (Å²) in [4.78, 5) is 24.8. The van der Waals surface area contributed by atoms with Crippen molar-refractivity contribution >= 4 is 35.2 Å². The normalized spacial score (nSPS) is 15.5. The summed E-state index contributed by atoms with van der Waals surface area (Å²) in [6.45, 7) is 1.92. The van der Waals surface area contributed by atoms with Crippen LogP contribution in [0.2, 0.25) is 5.02 Å². The number of amides is 2. The lowest BCUT2D eigenvalue weighted by Crippen LogP contribution is -2.35. The molecule has 0 bridgehead atoms. The molecule has 1 N–H and O–H groups in total. The van der Waals surface area contributed by atoms with Crippen LogP contribution in [0.5, 0.6) is 0 Å². The molecule has 5 nitrogen and oxygen atoms in total. The van der Waals surface area contributed by atoms with Crippen molar-refractivity contribution in [1.29, 1.82) is 0 Å². The maximum absolute atomic E-state index is 12.6. The summed E-state index contributed by atoms with van der Waals surface area (Å²) in [6.07, 6.45) is 1.44. The molecule has 1 aromatic heterocycles. The summed E-state index contributed by atoms with van der Waals surface area (Å²) in [5.41, 5.74) is 4.96. The molecular weight excluding hydrogens is 364 g/mol. The number of hydrazine groups is 1. The highest BCUT2D eigenvalue weighted by Crippen LogP contribution is 2.28. The first-order valence-electron chi connectivity index (χ1n) is 8.31. The highest BCUT2D eigenvalue weighted by molar-refractivity contribution is 6.32. The Balaban J connectivity index is 1.62. The molecular formula is C21H15ClN2O3. The molecule has 0 spiro atoms. The van der Waals surface area contributed by atoms with Crippen molar-refractivity contribution in [1.82, 2.24) is 5.43 Å². The van der Waals surface area contributed by atoms with Gasteiger partial charge in [0.05, 0.1) is 5.69 Å². The van der Waals surface area contributed by atoms with E-state index >= 15 is 0 Å². The minimum absolute atomic E-state index is 0.0155. The van der Waals surface area contributed by atoms with Crippen molar-refractivity contribution in [2.45, 2.75) is 6.92 Å². The summed E-state index contributed by atoms with van der Waals surface area (Å²) in [7, 11) is 0. The van der Waals surface area contributed by atoms with Crippen LogP contribution in [0.15, 0.2) is 70.7 Å². The molecule has 6 heteroatoms. The number of hydrogen-bond acceptors (Lipinski definition) is 3. The van der Waals surface area contributed by atoms with Gasteiger partial charge in [-0.05, 0) is 48.9 Å². The lowest BCUT2D eigenvalue weighted by Gasteiger charge is -2.13. The van der Waals surface area contributed by atoms with Crippen molar-refractivity contribution in [2.24, 2.45) is 0 Å². The lowest BCUT2D eigenvalue weighted by atomic mass is 10.1. The number of rotatable bonds is 3. The number of para-hydroxylation sites is 1. The third kappa shape index (κ3) is 3.25. The largest absolute Gasteiger partial charge is 0.457 e. The van der Waals surface area contributed by atoms with Gasteiger partial charge in [-0.25, -0.2) is 5.01 Å². The molecule has 0 radical (unpaired) electrons. The fourth-order valence-corrected chi connectivity index (χ4v) is 2.97. The van der Waals surface area contributed by atoms with Gasteiger partial charge in [-0.15, -0.1) is 0 Å². The standard InChI is InChI=1S/C21H15ClN2O3/c1-13-7-8-14(11-18(13)22)19-10-9-16(27-19)12-17-20(25)23-24(21(17)26)15-5-3-2-4-6-15/h2-12H,1H3,(H,23,25). The van der Waals surface area contributed by atoms with Crippen LogP contribution >= 0.6 is 11.6 Å². The predicted molar refractivity (Wildman–Crippen MR) is 104 cm³/mol. The minimum atomic E-state index is -0.472. The molecule has 1 aliphatic rings. The number of hydrogen-bond donors (Lipinski definition) is 1. The maximum atomic E-state index is 12.6. The summed E-state index contributed by atoms with van der Waals surface area (Å²) in [5, 5.41) is 1.87. The molecule has 0 unspecified atom stereocenters. The molecule has 0 atom stereocenters. The van der Waals surface area contributed by atoms with Crippen molar-refractivity contribution in [3.05, 3.63) is 82.6 Å². The minimum Gasteiger partial charge on any atom is -0.457 e. The number of halogens is 1. The van der Waals surface area contributed by atoms with E-state index < -0.39 is 11.8 Å². The van der Waals surface area contributed by atoms with Gasteiger partial charge in [-0.3, -0.25) is 15.0 Å². The van der Waals surface area contributed by atoms with Crippen LogP contribution in [-0.4, -0.2) is 11.8 Å². The molecule has 2 amide bonds. The van der Waals surface area contributed by atoms with Crippen LogP contribution < -0.4 is 10.4 Å². The summed E-state index contributed by atoms with van der Waals surface area (Å²) >= 11 is 6.16. The Morgan fingerprint density at radius 3 is 2.56 bits per heavy atom. The zero-order valence-corrected chi connectivity index (χ0v) is 15.2.